The summed E-state index contributed by atoms with van der Waals surface area (Å²) >= 11 is 0. The van der Waals surface area contributed by atoms with Crippen LogP contribution in [-0.4, -0.2) is 0 Å². The lowest BCUT2D eigenvalue weighted by atomic mass is 9.66. The maximum atomic E-state index is 4.19. The molecule has 0 aromatic carbocycles. The van der Waals surface area contributed by atoms with Crippen molar-refractivity contribution in [2.24, 2.45) is 17.8 Å². The Bertz CT molecular complexity index is 326. The summed E-state index contributed by atoms with van der Waals surface area (Å²) in [5.41, 5.74) is 4.70. The van der Waals surface area contributed by atoms with Crippen LogP contribution in [0.2, 0.25) is 0 Å². The lowest BCUT2D eigenvalue weighted by Gasteiger charge is -2.39. The van der Waals surface area contributed by atoms with Crippen LogP contribution >= 0.6 is 0 Å². The number of allylic oxidation sites excluding steroid dienone is 3. The van der Waals surface area contributed by atoms with E-state index < -0.39 is 0 Å². The molecule has 0 saturated heterocycles. The van der Waals surface area contributed by atoms with Crippen LogP contribution in [0.4, 0.5) is 0 Å². The van der Waals surface area contributed by atoms with E-state index in [4.69, 9.17) is 0 Å². The minimum absolute atomic E-state index is 0.840. The maximum Gasteiger partial charge on any atom is 0.0376 e. The van der Waals surface area contributed by atoms with Crippen LogP contribution in [0.5, 0.6) is 0 Å². The molecule has 3 atom stereocenters. The molecule has 1 heteroatoms. The fourth-order valence-corrected chi connectivity index (χ4v) is 3.49. The minimum atomic E-state index is 0.840. The fraction of sp³-hybridized carbons (Fsp3) is 0.714. The zero-order valence-electron chi connectivity index (χ0n) is 9.68. The smallest absolute Gasteiger partial charge is 0.0376 e. The van der Waals surface area contributed by atoms with Crippen molar-refractivity contribution in [2.75, 3.05) is 0 Å². The van der Waals surface area contributed by atoms with E-state index in [1.54, 1.807) is 11.4 Å². The molecular weight excluding hydrogens is 182 g/mol. The number of hydrogen-bond acceptors (Lipinski definition) is 1. The Hall–Kier alpha value is -0.720. The summed E-state index contributed by atoms with van der Waals surface area (Å²) in [5.74, 6) is 2.68. The molecule has 1 N–H and O–H groups in total. The number of rotatable bonds is 1. The first-order valence-electron chi connectivity index (χ1n) is 6.47. The van der Waals surface area contributed by atoms with Crippen molar-refractivity contribution in [3.05, 3.63) is 23.5 Å². The van der Waals surface area contributed by atoms with E-state index in [1.165, 1.54) is 44.1 Å². The molecule has 0 aromatic rings. The molecule has 0 radical (unpaired) electrons. The largest absolute Gasteiger partial charge is 0.359 e. The first kappa shape index (κ1) is 9.50. The first-order chi connectivity index (χ1) is 7.29. The van der Waals surface area contributed by atoms with Gasteiger partial charge in [0.1, 0.15) is 0 Å². The van der Waals surface area contributed by atoms with Crippen molar-refractivity contribution in [3.8, 4) is 0 Å². The number of nitrogens with one attached hydrogen (secondary N) is 1. The molecule has 1 saturated carbocycles. The van der Waals surface area contributed by atoms with E-state index in [1.807, 2.05) is 0 Å². The van der Waals surface area contributed by atoms with Crippen LogP contribution in [0.3, 0.4) is 0 Å². The minimum Gasteiger partial charge on any atom is -0.359 e. The van der Waals surface area contributed by atoms with Gasteiger partial charge in [0, 0.05) is 17.3 Å². The number of fused-ring (bicyclic) bond motifs is 1. The van der Waals surface area contributed by atoms with Gasteiger partial charge >= 0.3 is 0 Å². The average Bonchev–Trinajstić information content (AvgIpc) is 2.96. The molecule has 2 aliphatic carbocycles. The molecule has 1 heterocycles. The van der Waals surface area contributed by atoms with Crippen LogP contribution in [0.15, 0.2) is 23.5 Å². The molecule has 0 amide bonds. The molecular formula is C14H21N. The first-order valence-corrected chi connectivity index (χ1v) is 6.47. The Morgan fingerprint density at radius 3 is 2.93 bits per heavy atom. The van der Waals surface area contributed by atoms with Gasteiger partial charge in [0.05, 0.1) is 0 Å². The van der Waals surface area contributed by atoms with E-state index in [9.17, 15) is 0 Å². The van der Waals surface area contributed by atoms with Gasteiger partial charge in [-0.15, -0.1) is 0 Å². The molecule has 0 aromatic heterocycles. The second kappa shape index (κ2) is 3.40. The van der Waals surface area contributed by atoms with E-state index in [0.717, 1.165) is 17.8 Å². The van der Waals surface area contributed by atoms with E-state index in [-0.39, 0.29) is 0 Å². The van der Waals surface area contributed by atoms with Gasteiger partial charge in [-0.1, -0.05) is 19.1 Å². The summed E-state index contributed by atoms with van der Waals surface area (Å²) in [6.45, 7) is 6.51. The Morgan fingerprint density at radius 2 is 2.20 bits per heavy atom. The molecule has 1 nitrogen and oxygen atoms in total. The van der Waals surface area contributed by atoms with E-state index in [0.29, 0.717) is 0 Å². The van der Waals surface area contributed by atoms with Crippen LogP contribution in [-0.2, 0) is 0 Å². The van der Waals surface area contributed by atoms with Gasteiger partial charge in [0.2, 0.25) is 0 Å². The van der Waals surface area contributed by atoms with Crippen molar-refractivity contribution in [1.29, 1.82) is 0 Å². The molecule has 3 aliphatic rings. The normalized spacial score (nSPS) is 39.0. The third-order valence-corrected chi connectivity index (χ3v) is 4.66. The number of hydrogen-bond donors (Lipinski definition) is 1. The topological polar surface area (TPSA) is 21.9 Å². The van der Waals surface area contributed by atoms with Crippen molar-refractivity contribution in [2.45, 2.75) is 45.4 Å². The lowest BCUT2D eigenvalue weighted by Crippen LogP contribution is -2.29. The molecule has 0 spiro atoms. The fourth-order valence-electron chi connectivity index (χ4n) is 3.49. The third-order valence-electron chi connectivity index (χ3n) is 4.66. The van der Waals surface area contributed by atoms with Gasteiger partial charge in [-0.05, 0) is 50.4 Å². The van der Waals surface area contributed by atoms with Crippen LogP contribution in [0.25, 0.3) is 0 Å². The molecule has 1 aliphatic heterocycles. The maximum absolute atomic E-state index is 4.19. The Balaban J connectivity index is 1.72. The van der Waals surface area contributed by atoms with Gasteiger partial charge in [0.25, 0.3) is 0 Å². The summed E-state index contributed by atoms with van der Waals surface area (Å²) in [4.78, 5) is 0. The summed E-state index contributed by atoms with van der Waals surface area (Å²) in [6.07, 6.45) is 8.10. The Kier molecular flexibility index (Phi) is 2.15. The van der Waals surface area contributed by atoms with Crippen LogP contribution < -0.4 is 5.32 Å². The monoisotopic (exact) mass is 203 g/mol. The van der Waals surface area contributed by atoms with Gasteiger partial charge in [-0.25, -0.2) is 0 Å². The molecule has 15 heavy (non-hydrogen) atoms. The van der Waals surface area contributed by atoms with E-state index >= 15 is 0 Å². The highest BCUT2D eigenvalue weighted by Gasteiger charge is 2.38. The standard InChI is InChI=1S/C14H21N/c1-3-10-4-5-11-8-9(2)12(11)6-7-13-14(10)15-13/h10-12,15H,2-8H2,1H3. The highest BCUT2D eigenvalue weighted by molar-refractivity contribution is 5.33. The second-order valence-corrected chi connectivity index (χ2v) is 5.47. The predicted molar refractivity (Wildman–Crippen MR) is 63.1 cm³/mol. The van der Waals surface area contributed by atoms with Crippen molar-refractivity contribution in [1.82, 2.24) is 5.32 Å². The third kappa shape index (κ3) is 1.53. The summed E-state index contributed by atoms with van der Waals surface area (Å²) in [6, 6.07) is 0. The highest BCUT2D eigenvalue weighted by atomic mass is 15.1. The van der Waals surface area contributed by atoms with Crippen LogP contribution in [0.1, 0.15) is 45.4 Å². The van der Waals surface area contributed by atoms with Crippen molar-refractivity contribution >= 4 is 0 Å². The van der Waals surface area contributed by atoms with E-state index in [2.05, 4.69) is 18.8 Å². The second-order valence-electron chi connectivity index (χ2n) is 5.47. The van der Waals surface area contributed by atoms with Crippen molar-refractivity contribution in [3.63, 3.8) is 0 Å². The summed E-state index contributed by atoms with van der Waals surface area (Å²) in [7, 11) is 0. The summed E-state index contributed by atoms with van der Waals surface area (Å²) < 4.78 is 0. The average molecular weight is 203 g/mol. The van der Waals surface area contributed by atoms with Crippen LogP contribution in [0, 0.1) is 17.8 Å². The Labute approximate surface area is 92.6 Å². The quantitative estimate of drug-likeness (QED) is 0.646. The lowest BCUT2D eigenvalue weighted by molar-refractivity contribution is 0.231. The van der Waals surface area contributed by atoms with Crippen molar-refractivity contribution < 1.29 is 0 Å². The molecule has 3 unspecified atom stereocenters. The van der Waals surface area contributed by atoms with Gasteiger partial charge < -0.3 is 5.32 Å². The molecule has 82 valence electrons. The zero-order valence-corrected chi connectivity index (χ0v) is 9.68. The molecule has 3 rings (SSSR count). The predicted octanol–water partition coefficient (Wildman–Crippen LogP) is 3.59. The van der Waals surface area contributed by atoms with Gasteiger partial charge in [-0.2, -0.15) is 0 Å². The summed E-state index contributed by atoms with van der Waals surface area (Å²) in [5, 5.41) is 3.52. The molecule has 1 fully saturated rings. The van der Waals surface area contributed by atoms with Gasteiger partial charge in [-0.3, -0.25) is 0 Å². The Morgan fingerprint density at radius 1 is 1.33 bits per heavy atom. The zero-order chi connectivity index (χ0) is 10.4. The molecule has 0 bridgehead atoms. The SMILES string of the molecule is C=C1CC2CCC(CC)C3=C(CCC12)N3. The van der Waals surface area contributed by atoms with Gasteiger partial charge in [0.15, 0.2) is 0 Å². The highest BCUT2D eigenvalue weighted by Crippen LogP contribution is 2.48.